The van der Waals surface area contributed by atoms with Gasteiger partial charge in [-0.05, 0) is 30.7 Å². The zero-order valence-corrected chi connectivity index (χ0v) is 11.7. The summed E-state index contributed by atoms with van der Waals surface area (Å²) in [6, 6.07) is 6.57. The number of halogens is 1. The smallest absolute Gasteiger partial charge is 0.303 e. The molecule has 0 heterocycles. The molecule has 5 nitrogen and oxygen atoms in total. The molecule has 1 unspecified atom stereocenters. The number of aliphatic carboxylic acids is 1. The molecule has 1 aromatic carbocycles. The largest absolute Gasteiger partial charge is 0.481 e. The average Bonchev–Trinajstić information content (AvgIpc) is 2.31. The second kappa shape index (κ2) is 7.91. The van der Waals surface area contributed by atoms with Gasteiger partial charge in [0.1, 0.15) is 5.75 Å². The van der Waals surface area contributed by atoms with E-state index in [4.69, 9.17) is 16.7 Å². The van der Waals surface area contributed by atoms with Crippen LogP contribution in [0.25, 0.3) is 0 Å². The van der Waals surface area contributed by atoms with E-state index in [2.05, 4.69) is 5.32 Å². The highest BCUT2D eigenvalue weighted by atomic mass is 35.5. The topological polar surface area (TPSA) is 83.5 Å². The molecule has 1 amide bonds. The van der Waals surface area contributed by atoms with Crippen LogP contribution in [0.5, 0.6) is 0 Å². The summed E-state index contributed by atoms with van der Waals surface area (Å²) in [6.07, 6.45) is 0.265. The van der Waals surface area contributed by atoms with E-state index in [9.17, 15) is 13.8 Å². The summed E-state index contributed by atoms with van der Waals surface area (Å²) in [4.78, 5) is 21.8. The van der Waals surface area contributed by atoms with Gasteiger partial charge < -0.3 is 10.4 Å². The molecule has 0 fully saturated rings. The maximum atomic E-state index is 11.6. The first kappa shape index (κ1) is 15.7. The molecule has 0 spiro atoms. The molecule has 2 N–H and O–H groups in total. The number of carbonyl (C=O) groups excluding carboxylic acids is 1. The van der Waals surface area contributed by atoms with E-state index < -0.39 is 16.8 Å². The number of hydrogen-bond acceptors (Lipinski definition) is 3. The quantitative estimate of drug-likeness (QED) is 0.806. The number of hydrogen-bond donors (Lipinski definition) is 2. The van der Waals surface area contributed by atoms with E-state index in [-0.39, 0.29) is 23.8 Å². The monoisotopic (exact) mass is 303 g/mol. The number of carbonyl (C=O) groups is 2. The van der Waals surface area contributed by atoms with Crippen LogP contribution in [-0.4, -0.2) is 32.7 Å². The first-order valence-electron chi connectivity index (χ1n) is 5.59. The summed E-state index contributed by atoms with van der Waals surface area (Å²) in [7, 11) is -1.35. The highest BCUT2D eigenvalue weighted by Crippen LogP contribution is 2.13. The highest BCUT2D eigenvalue weighted by Gasteiger charge is 2.09. The Bertz CT molecular complexity index is 475. The molecule has 1 rings (SSSR count). The third-order valence-electron chi connectivity index (χ3n) is 2.18. The molecule has 1 aromatic rings. The molecule has 104 valence electrons. The van der Waals surface area contributed by atoms with Gasteiger partial charge in [0, 0.05) is 33.7 Å². The van der Waals surface area contributed by atoms with Crippen LogP contribution < -0.4 is 5.32 Å². The molecule has 0 bridgehead atoms. The molecule has 0 saturated heterocycles. The van der Waals surface area contributed by atoms with Crippen molar-refractivity contribution in [3.63, 3.8) is 0 Å². The first-order chi connectivity index (χ1) is 8.97. The van der Waals surface area contributed by atoms with Crippen molar-refractivity contribution in [3.8, 4) is 0 Å². The number of anilines is 1. The van der Waals surface area contributed by atoms with Crippen molar-refractivity contribution in [1.82, 2.24) is 0 Å². The minimum atomic E-state index is -1.35. The molecule has 0 aliphatic carbocycles. The van der Waals surface area contributed by atoms with Gasteiger partial charge in [0.05, 0.1) is 0 Å². The van der Waals surface area contributed by atoms with E-state index in [1.165, 1.54) is 0 Å². The SMILES string of the molecule is O=C(O)CCCS(=O)CC(=O)Nc1ccc(Cl)cc1. The van der Waals surface area contributed by atoms with E-state index in [1.54, 1.807) is 24.3 Å². The van der Waals surface area contributed by atoms with E-state index in [1.807, 2.05) is 0 Å². The normalized spacial score (nSPS) is 11.8. The Morgan fingerprint density at radius 1 is 1.26 bits per heavy atom. The second-order valence-corrected chi connectivity index (χ2v) is 5.85. The van der Waals surface area contributed by atoms with Gasteiger partial charge in [-0.1, -0.05) is 11.6 Å². The average molecular weight is 304 g/mol. The minimum Gasteiger partial charge on any atom is -0.481 e. The molecule has 0 saturated carbocycles. The lowest BCUT2D eigenvalue weighted by Crippen LogP contribution is -2.21. The summed E-state index contributed by atoms with van der Waals surface area (Å²) >= 11 is 5.71. The first-order valence-corrected chi connectivity index (χ1v) is 7.46. The fourth-order valence-corrected chi connectivity index (χ4v) is 2.43. The molecule has 19 heavy (non-hydrogen) atoms. The van der Waals surface area contributed by atoms with Gasteiger partial charge in [0.25, 0.3) is 0 Å². The van der Waals surface area contributed by atoms with Crippen LogP contribution in [0.3, 0.4) is 0 Å². The van der Waals surface area contributed by atoms with Crippen molar-refractivity contribution in [3.05, 3.63) is 29.3 Å². The Balaban J connectivity index is 2.32. The number of amides is 1. The Morgan fingerprint density at radius 3 is 2.47 bits per heavy atom. The zero-order valence-electron chi connectivity index (χ0n) is 10.1. The van der Waals surface area contributed by atoms with Crippen LogP contribution in [0.4, 0.5) is 5.69 Å². The summed E-state index contributed by atoms with van der Waals surface area (Å²) < 4.78 is 11.5. The van der Waals surface area contributed by atoms with Crippen molar-refractivity contribution in [1.29, 1.82) is 0 Å². The molecule has 0 radical (unpaired) electrons. The second-order valence-electron chi connectivity index (χ2n) is 3.84. The molecule has 0 aromatic heterocycles. The van der Waals surface area contributed by atoms with Crippen molar-refractivity contribution in [2.45, 2.75) is 12.8 Å². The van der Waals surface area contributed by atoms with Gasteiger partial charge >= 0.3 is 5.97 Å². The maximum absolute atomic E-state index is 11.6. The molecule has 7 heteroatoms. The minimum absolute atomic E-state index is 0.0372. The van der Waals surface area contributed by atoms with Gasteiger partial charge in [-0.3, -0.25) is 13.8 Å². The fourth-order valence-electron chi connectivity index (χ4n) is 1.33. The molecule has 0 aliphatic heterocycles. The summed E-state index contributed by atoms with van der Waals surface area (Å²) in [5, 5.41) is 11.6. The molecule has 0 aliphatic rings. The molecular weight excluding hydrogens is 290 g/mol. The van der Waals surface area contributed by atoms with Crippen molar-refractivity contribution in [2.24, 2.45) is 0 Å². The predicted molar refractivity (Wildman–Crippen MR) is 74.8 cm³/mol. The van der Waals surface area contributed by atoms with E-state index in [0.717, 1.165) is 0 Å². The van der Waals surface area contributed by atoms with Crippen LogP contribution in [0, 0.1) is 0 Å². The van der Waals surface area contributed by atoms with Crippen molar-refractivity contribution in [2.75, 3.05) is 16.8 Å². The van der Waals surface area contributed by atoms with Crippen LogP contribution in [0.2, 0.25) is 5.02 Å². The van der Waals surface area contributed by atoms with Crippen LogP contribution in [0.15, 0.2) is 24.3 Å². The third kappa shape index (κ3) is 6.93. The predicted octanol–water partition coefficient (Wildman–Crippen LogP) is 1.89. The summed E-state index contributed by atoms with van der Waals surface area (Å²) in [5.41, 5.74) is 0.580. The zero-order chi connectivity index (χ0) is 14.3. The van der Waals surface area contributed by atoms with Crippen molar-refractivity contribution >= 4 is 40.0 Å². The number of carboxylic acids is 1. The summed E-state index contributed by atoms with van der Waals surface area (Å²) in [5.74, 6) is -1.22. The lowest BCUT2D eigenvalue weighted by atomic mass is 10.3. The van der Waals surface area contributed by atoms with E-state index in [0.29, 0.717) is 17.1 Å². The molecular formula is C12H14ClNO4S. The lowest BCUT2D eigenvalue weighted by Gasteiger charge is -2.05. The lowest BCUT2D eigenvalue weighted by molar-refractivity contribution is -0.137. The highest BCUT2D eigenvalue weighted by molar-refractivity contribution is 7.85. The Hall–Kier alpha value is -1.40. The number of nitrogens with one attached hydrogen (secondary N) is 1. The Kier molecular flexibility index (Phi) is 6.52. The van der Waals surface area contributed by atoms with Crippen LogP contribution in [0.1, 0.15) is 12.8 Å². The fraction of sp³-hybridized carbons (Fsp3) is 0.333. The number of carboxylic acid groups (broad SMARTS) is 1. The Morgan fingerprint density at radius 2 is 1.89 bits per heavy atom. The Labute approximate surface area is 118 Å². The van der Waals surface area contributed by atoms with Gasteiger partial charge in [-0.2, -0.15) is 0 Å². The maximum Gasteiger partial charge on any atom is 0.303 e. The van der Waals surface area contributed by atoms with Crippen LogP contribution >= 0.6 is 11.6 Å². The van der Waals surface area contributed by atoms with Gasteiger partial charge in [0.2, 0.25) is 5.91 Å². The van der Waals surface area contributed by atoms with Gasteiger partial charge in [-0.25, -0.2) is 0 Å². The number of benzene rings is 1. The molecule has 1 atom stereocenters. The van der Waals surface area contributed by atoms with Crippen molar-refractivity contribution < 1.29 is 18.9 Å². The van der Waals surface area contributed by atoms with E-state index >= 15 is 0 Å². The third-order valence-corrected chi connectivity index (χ3v) is 3.76. The number of rotatable bonds is 7. The van der Waals surface area contributed by atoms with Gasteiger partial charge in [0.15, 0.2) is 0 Å². The van der Waals surface area contributed by atoms with Gasteiger partial charge in [-0.15, -0.1) is 0 Å². The standard InChI is InChI=1S/C12H14ClNO4S/c13-9-3-5-10(6-4-9)14-11(15)8-19(18)7-1-2-12(16)17/h3-6H,1-2,7-8H2,(H,14,15)(H,16,17). The van der Waals surface area contributed by atoms with Crippen LogP contribution in [-0.2, 0) is 20.4 Å². The summed E-state index contributed by atoms with van der Waals surface area (Å²) in [6.45, 7) is 0.